The SMILES string of the molecule is C=CCC[C@H]1CC[C@H](c2ccc(-c3ccc([C@H]4CC[C@H](C(=O)OC)CC4)cc3)cc2)CC1. The zero-order valence-corrected chi connectivity index (χ0v) is 19.6. The standard InChI is InChI=1S/C30H38O2/c1-3-4-5-22-6-8-23(9-7-22)24-10-12-25(13-11-24)26-14-16-27(17-15-26)28-18-20-29(21-19-28)30(31)32-2/h3,10-17,22-23,28-29H,1,4-9,18-21H2,2H3/t22-,23-,28-,29-. The van der Waals surface area contributed by atoms with Crippen molar-refractivity contribution in [1.29, 1.82) is 0 Å². The molecule has 2 aliphatic carbocycles. The maximum absolute atomic E-state index is 11.8. The highest BCUT2D eigenvalue weighted by Crippen LogP contribution is 2.39. The Balaban J connectivity index is 1.32. The molecule has 2 fully saturated rings. The van der Waals surface area contributed by atoms with Crippen LogP contribution in [0, 0.1) is 11.8 Å². The maximum atomic E-state index is 11.8. The van der Waals surface area contributed by atoms with Crippen LogP contribution in [0.2, 0.25) is 0 Å². The van der Waals surface area contributed by atoms with Crippen molar-refractivity contribution in [3.63, 3.8) is 0 Å². The molecule has 4 rings (SSSR count). The number of ether oxygens (including phenoxy) is 1. The summed E-state index contributed by atoms with van der Waals surface area (Å²) in [5, 5.41) is 0. The van der Waals surface area contributed by atoms with E-state index in [9.17, 15) is 4.79 Å². The number of rotatable bonds is 7. The third kappa shape index (κ3) is 5.52. The average molecular weight is 431 g/mol. The van der Waals surface area contributed by atoms with E-state index in [4.69, 9.17) is 4.74 Å². The smallest absolute Gasteiger partial charge is 0.308 e. The molecule has 0 radical (unpaired) electrons. The zero-order valence-electron chi connectivity index (χ0n) is 19.6. The third-order valence-corrected chi connectivity index (χ3v) is 7.99. The Labute approximate surface area is 194 Å². The molecular weight excluding hydrogens is 392 g/mol. The number of allylic oxidation sites excluding steroid dienone is 1. The van der Waals surface area contributed by atoms with Gasteiger partial charge in [-0.3, -0.25) is 4.79 Å². The Kier molecular flexibility index (Phi) is 7.84. The van der Waals surface area contributed by atoms with Crippen LogP contribution in [0.1, 0.15) is 87.2 Å². The van der Waals surface area contributed by atoms with Gasteiger partial charge in [-0.1, -0.05) is 54.6 Å². The number of hydrogen-bond donors (Lipinski definition) is 0. The summed E-state index contributed by atoms with van der Waals surface area (Å²) < 4.78 is 4.92. The normalized spacial score (nSPS) is 25.8. The van der Waals surface area contributed by atoms with Gasteiger partial charge in [-0.05, 0) is 104 Å². The van der Waals surface area contributed by atoms with Crippen LogP contribution in [0.4, 0.5) is 0 Å². The predicted molar refractivity (Wildman–Crippen MR) is 133 cm³/mol. The number of esters is 1. The molecule has 0 saturated heterocycles. The van der Waals surface area contributed by atoms with E-state index in [1.54, 1.807) is 0 Å². The van der Waals surface area contributed by atoms with Gasteiger partial charge in [0.15, 0.2) is 0 Å². The van der Waals surface area contributed by atoms with Crippen LogP contribution in [-0.4, -0.2) is 13.1 Å². The van der Waals surface area contributed by atoms with Gasteiger partial charge < -0.3 is 4.74 Å². The minimum Gasteiger partial charge on any atom is -0.469 e. The van der Waals surface area contributed by atoms with E-state index < -0.39 is 0 Å². The quantitative estimate of drug-likeness (QED) is 0.328. The molecule has 0 unspecified atom stereocenters. The van der Waals surface area contributed by atoms with E-state index in [2.05, 4.69) is 61.2 Å². The lowest BCUT2D eigenvalue weighted by atomic mass is 9.77. The van der Waals surface area contributed by atoms with Crippen LogP contribution in [0.25, 0.3) is 11.1 Å². The van der Waals surface area contributed by atoms with Crippen molar-refractivity contribution in [2.75, 3.05) is 7.11 Å². The lowest BCUT2D eigenvalue weighted by Crippen LogP contribution is -2.22. The molecule has 0 aromatic heterocycles. The van der Waals surface area contributed by atoms with E-state index in [0.29, 0.717) is 5.92 Å². The molecule has 0 heterocycles. The first-order valence-corrected chi connectivity index (χ1v) is 12.6. The molecule has 0 N–H and O–H groups in total. The average Bonchev–Trinajstić information content (AvgIpc) is 2.87. The summed E-state index contributed by atoms with van der Waals surface area (Å²) in [6, 6.07) is 18.4. The van der Waals surface area contributed by atoms with Gasteiger partial charge in [-0.2, -0.15) is 0 Å². The molecule has 2 saturated carbocycles. The van der Waals surface area contributed by atoms with Crippen molar-refractivity contribution in [1.82, 2.24) is 0 Å². The van der Waals surface area contributed by atoms with Crippen LogP contribution in [-0.2, 0) is 9.53 Å². The monoisotopic (exact) mass is 430 g/mol. The fraction of sp³-hybridized carbons (Fsp3) is 0.500. The van der Waals surface area contributed by atoms with Crippen LogP contribution in [0.5, 0.6) is 0 Å². The molecule has 2 aliphatic rings. The molecule has 32 heavy (non-hydrogen) atoms. The van der Waals surface area contributed by atoms with Crippen LogP contribution in [0.3, 0.4) is 0 Å². The summed E-state index contributed by atoms with van der Waals surface area (Å²) >= 11 is 0. The van der Waals surface area contributed by atoms with Gasteiger partial charge in [-0.15, -0.1) is 6.58 Å². The third-order valence-electron chi connectivity index (χ3n) is 7.99. The summed E-state index contributed by atoms with van der Waals surface area (Å²) in [5.41, 5.74) is 5.50. The van der Waals surface area contributed by atoms with Crippen molar-refractivity contribution >= 4 is 5.97 Å². The lowest BCUT2D eigenvalue weighted by molar-refractivity contribution is -0.146. The Morgan fingerprint density at radius 1 is 0.812 bits per heavy atom. The minimum absolute atomic E-state index is 0.0389. The second kappa shape index (κ2) is 11.0. The molecule has 0 bridgehead atoms. The van der Waals surface area contributed by atoms with E-state index in [1.807, 2.05) is 0 Å². The number of carbonyl (C=O) groups excluding carboxylic acids is 1. The molecule has 2 heteroatoms. The molecule has 0 aliphatic heterocycles. The second-order valence-electron chi connectivity index (χ2n) is 9.90. The highest BCUT2D eigenvalue weighted by atomic mass is 16.5. The Bertz CT molecular complexity index is 864. The van der Waals surface area contributed by atoms with Gasteiger partial charge in [0.25, 0.3) is 0 Å². The molecule has 2 nitrogen and oxygen atoms in total. The van der Waals surface area contributed by atoms with Crippen LogP contribution >= 0.6 is 0 Å². The van der Waals surface area contributed by atoms with E-state index in [1.165, 1.54) is 61.5 Å². The Morgan fingerprint density at radius 3 is 1.72 bits per heavy atom. The summed E-state index contributed by atoms with van der Waals surface area (Å²) in [4.78, 5) is 11.8. The first-order chi connectivity index (χ1) is 15.7. The molecule has 170 valence electrons. The lowest BCUT2D eigenvalue weighted by Gasteiger charge is -2.28. The highest BCUT2D eigenvalue weighted by molar-refractivity contribution is 5.72. The van der Waals surface area contributed by atoms with E-state index >= 15 is 0 Å². The van der Waals surface area contributed by atoms with Gasteiger partial charge in [0.05, 0.1) is 13.0 Å². The summed E-state index contributed by atoms with van der Waals surface area (Å²) in [6.07, 6.45) is 14.0. The number of carbonyl (C=O) groups is 1. The van der Waals surface area contributed by atoms with Crippen LogP contribution < -0.4 is 0 Å². The molecule has 0 spiro atoms. The summed E-state index contributed by atoms with van der Waals surface area (Å²) in [6.45, 7) is 3.87. The maximum Gasteiger partial charge on any atom is 0.308 e. The molecular formula is C30H38O2. The highest BCUT2D eigenvalue weighted by Gasteiger charge is 2.27. The Hall–Kier alpha value is -2.35. The summed E-state index contributed by atoms with van der Waals surface area (Å²) in [5.74, 6) is 2.25. The van der Waals surface area contributed by atoms with Crippen molar-refractivity contribution in [2.45, 2.75) is 76.0 Å². The fourth-order valence-electron chi connectivity index (χ4n) is 5.86. The Morgan fingerprint density at radius 2 is 1.28 bits per heavy atom. The van der Waals surface area contributed by atoms with E-state index in [-0.39, 0.29) is 11.9 Å². The first-order valence-electron chi connectivity index (χ1n) is 12.6. The minimum atomic E-state index is -0.0389. The van der Waals surface area contributed by atoms with Gasteiger partial charge in [-0.25, -0.2) is 0 Å². The summed E-state index contributed by atoms with van der Waals surface area (Å²) in [7, 11) is 1.50. The number of hydrogen-bond acceptors (Lipinski definition) is 2. The van der Waals surface area contributed by atoms with E-state index in [0.717, 1.165) is 43.9 Å². The van der Waals surface area contributed by atoms with Crippen molar-refractivity contribution < 1.29 is 9.53 Å². The van der Waals surface area contributed by atoms with Crippen LogP contribution in [0.15, 0.2) is 61.2 Å². The van der Waals surface area contributed by atoms with Gasteiger partial charge in [0, 0.05) is 0 Å². The predicted octanol–water partition coefficient (Wildman–Crippen LogP) is 8.04. The molecule has 2 aromatic rings. The zero-order chi connectivity index (χ0) is 22.3. The number of benzene rings is 2. The molecule has 0 atom stereocenters. The van der Waals surface area contributed by atoms with Gasteiger partial charge >= 0.3 is 5.97 Å². The van der Waals surface area contributed by atoms with Crippen molar-refractivity contribution in [3.8, 4) is 11.1 Å². The van der Waals surface area contributed by atoms with Gasteiger partial charge in [0.1, 0.15) is 0 Å². The van der Waals surface area contributed by atoms with Crippen molar-refractivity contribution in [3.05, 3.63) is 72.3 Å². The number of methoxy groups -OCH3 is 1. The topological polar surface area (TPSA) is 26.3 Å². The second-order valence-corrected chi connectivity index (χ2v) is 9.90. The fourth-order valence-corrected chi connectivity index (χ4v) is 5.86. The largest absolute Gasteiger partial charge is 0.469 e. The molecule has 0 amide bonds. The molecule has 2 aromatic carbocycles. The van der Waals surface area contributed by atoms with Crippen molar-refractivity contribution in [2.24, 2.45) is 11.8 Å². The van der Waals surface area contributed by atoms with Gasteiger partial charge in [0.2, 0.25) is 0 Å². The first kappa shape index (κ1) is 22.8.